The predicted octanol–water partition coefficient (Wildman–Crippen LogP) is 0.782. The Kier molecular flexibility index (Phi) is 4.22. The van der Waals surface area contributed by atoms with Crippen LogP contribution in [-0.4, -0.2) is 30.8 Å². The van der Waals surface area contributed by atoms with Crippen LogP contribution in [0.4, 0.5) is 0 Å². The van der Waals surface area contributed by atoms with E-state index in [-0.39, 0.29) is 19.4 Å². The number of carbonyl (C=O) groups excluding carboxylic acids is 3. The number of esters is 2. The van der Waals surface area contributed by atoms with Crippen molar-refractivity contribution in [1.29, 1.82) is 0 Å². The van der Waals surface area contributed by atoms with E-state index in [1.165, 1.54) is 0 Å². The van der Waals surface area contributed by atoms with Crippen molar-refractivity contribution in [2.24, 2.45) is 5.41 Å². The van der Waals surface area contributed by atoms with Crippen LogP contribution in [-0.2, 0) is 28.6 Å². The Morgan fingerprint density at radius 1 is 1.12 bits per heavy atom. The van der Waals surface area contributed by atoms with Crippen LogP contribution in [0, 0.1) is 5.41 Å². The summed E-state index contributed by atoms with van der Waals surface area (Å²) in [4.78, 5) is 35.2. The summed E-state index contributed by atoms with van der Waals surface area (Å²) in [6.07, 6.45) is 0.379. The zero-order chi connectivity index (χ0) is 13.1. The lowest BCUT2D eigenvalue weighted by Gasteiger charge is -2.23. The molecule has 0 radical (unpaired) electrons. The molecule has 1 aliphatic rings. The molecule has 1 unspecified atom stereocenters. The SMILES string of the molecule is CCOC1OC(=O)C(=O)C(CC)(CC)C(=O)O1. The number of ketones is 1. The van der Waals surface area contributed by atoms with E-state index in [0.717, 1.165) is 0 Å². The molecule has 0 N–H and O–H groups in total. The van der Waals surface area contributed by atoms with Crippen molar-refractivity contribution >= 4 is 17.7 Å². The van der Waals surface area contributed by atoms with Gasteiger partial charge in [0.25, 0.3) is 5.78 Å². The van der Waals surface area contributed by atoms with Gasteiger partial charge in [0.05, 0.1) is 6.61 Å². The molecule has 0 aliphatic carbocycles. The van der Waals surface area contributed by atoms with E-state index in [4.69, 9.17) is 9.47 Å². The molecule has 6 nitrogen and oxygen atoms in total. The highest BCUT2D eigenvalue weighted by molar-refractivity contribution is 6.40. The first-order chi connectivity index (χ1) is 8.01. The fourth-order valence-corrected chi connectivity index (χ4v) is 1.72. The Hall–Kier alpha value is -1.43. The lowest BCUT2D eigenvalue weighted by Crippen LogP contribution is -2.41. The molecule has 1 atom stereocenters. The molecule has 1 aliphatic heterocycles. The second kappa shape index (κ2) is 5.27. The highest BCUT2D eigenvalue weighted by atomic mass is 16.9. The number of hydrogen-bond acceptors (Lipinski definition) is 6. The Morgan fingerprint density at radius 2 is 1.71 bits per heavy atom. The fraction of sp³-hybridized carbons (Fsp3) is 0.727. The van der Waals surface area contributed by atoms with Crippen molar-refractivity contribution in [2.45, 2.75) is 40.1 Å². The largest absolute Gasteiger partial charge is 0.399 e. The lowest BCUT2D eigenvalue weighted by molar-refractivity contribution is -0.260. The molecule has 0 amide bonds. The normalized spacial score (nSPS) is 23.9. The van der Waals surface area contributed by atoms with E-state index in [2.05, 4.69) is 4.74 Å². The third kappa shape index (κ3) is 2.31. The standard InChI is InChI=1S/C11H16O6/c1-4-11(5-2)7(12)8(13)16-10(15-6-3)17-9(11)14/h10H,4-6H2,1-3H3. The minimum Gasteiger partial charge on any atom is -0.399 e. The maximum absolute atomic E-state index is 11.9. The van der Waals surface area contributed by atoms with E-state index in [9.17, 15) is 14.4 Å². The Morgan fingerprint density at radius 3 is 2.18 bits per heavy atom. The first kappa shape index (κ1) is 13.6. The molecule has 0 spiro atoms. The van der Waals surface area contributed by atoms with Gasteiger partial charge < -0.3 is 14.2 Å². The molecule has 1 rings (SSSR count). The number of carbonyl (C=O) groups is 3. The van der Waals surface area contributed by atoms with Crippen molar-refractivity contribution in [3.05, 3.63) is 0 Å². The zero-order valence-electron chi connectivity index (χ0n) is 10.1. The van der Waals surface area contributed by atoms with Crippen LogP contribution in [0.3, 0.4) is 0 Å². The average molecular weight is 244 g/mol. The molecule has 1 saturated heterocycles. The van der Waals surface area contributed by atoms with Crippen LogP contribution in [0.25, 0.3) is 0 Å². The summed E-state index contributed by atoms with van der Waals surface area (Å²) in [6.45, 7) is 3.73. The van der Waals surface area contributed by atoms with Gasteiger partial charge in [0.2, 0.25) is 0 Å². The number of Topliss-reactive ketones (excluding diaryl/α,β-unsaturated/α-hetero) is 1. The second-order valence-corrected chi connectivity index (χ2v) is 3.67. The van der Waals surface area contributed by atoms with Gasteiger partial charge in [0, 0.05) is 0 Å². The van der Waals surface area contributed by atoms with Gasteiger partial charge in [-0.15, -0.1) is 0 Å². The van der Waals surface area contributed by atoms with Crippen molar-refractivity contribution in [3.63, 3.8) is 0 Å². The van der Waals surface area contributed by atoms with E-state index in [1.54, 1.807) is 20.8 Å². The van der Waals surface area contributed by atoms with Crippen molar-refractivity contribution in [1.82, 2.24) is 0 Å². The van der Waals surface area contributed by atoms with Crippen LogP contribution in [0.5, 0.6) is 0 Å². The molecule has 6 heteroatoms. The van der Waals surface area contributed by atoms with Gasteiger partial charge in [-0.05, 0) is 19.8 Å². The van der Waals surface area contributed by atoms with Crippen LogP contribution in [0.15, 0.2) is 0 Å². The number of ether oxygens (including phenoxy) is 3. The number of rotatable bonds is 4. The van der Waals surface area contributed by atoms with Gasteiger partial charge in [0.15, 0.2) is 0 Å². The molecule has 1 heterocycles. The Labute approximate surface area is 99.2 Å². The molecule has 0 aromatic carbocycles. The van der Waals surface area contributed by atoms with Crippen LogP contribution in [0.2, 0.25) is 0 Å². The number of hydrogen-bond donors (Lipinski definition) is 0. The third-order valence-corrected chi connectivity index (χ3v) is 2.93. The Balaban J connectivity index is 3.05. The first-order valence-electron chi connectivity index (χ1n) is 5.59. The maximum Gasteiger partial charge on any atom is 0.380 e. The minimum absolute atomic E-state index is 0.190. The second-order valence-electron chi connectivity index (χ2n) is 3.67. The summed E-state index contributed by atoms with van der Waals surface area (Å²) in [5, 5.41) is 0. The van der Waals surface area contributed by atoms with E-state index >= 15 is 0 Å². The quantitative estimate of drug-likeness (QED) is 0.413. The van der Waals surface area contributed by atoms with Gasteiger partial charge in [-0.2, -0.15) is 0 Å². The van der Waals surface area contributed by atoms with Crippen molar-refractivity contribution in [2.75, 3.05) is 6.61 Å². The molecule has 0 aromatic rings. The van der Waals surface area contributed by atoms with E-state index in [1.807, 2.05) is 0 Å². The van der Waals surface area contributed by atoms with Crippen LogP contribution < -0.4 is 0 Å². The van der Waals surface area contributed by atoms with Gasteiger partial charge >= 0.3 is 18.4 Å². The molecule has 0 bridgehead atoms. The summed E-state index contributed by atoms with van der Waals surface area (Å²) < 4.78 is 14.4. The first-order valence-corrected chi connectivity index (χ1v) is 5.59. The molecule has 0 aromatic heterocycles. The molecule has 96 valence electrons. The van der Waals surface area contributed by atoms with E-state index in [0.29, 0.717) is 0 Å². The van der Waals surface area contributed by atoms with Crippen LogP contribution in [0.1, 0.15) is 33.6 Å². The highest BCUT2D eigenvalue weighted by Gasteiger charge is 2.52. The highest BCUT2D eigenvalue weighted by Crippen LogP contribution is 2.32. The summed E-state index contributed by atoms with van der Waals surface area (Å²) in [7, 11) is 0. The fourth-order valence-electron chi connectivity index (χ4n) is 1.72. The summed E-state index contributed by atoms with van der Waals surface area (Å²) in [5.41, 5.74) is -1.44. The predicted molar refractivity (Wildman–Crippen MR) is 55.6 cm³/mol. The average Bonchev–Trinajstić information content (AvgIpc) is 2.38. The van der Waals surface area contributed by atoms with Gasteiger partial charge in [-0.25, -0.2) is 4.79 Å². The topological polar surface area (TPSA) is 78.9 Å². The monoisotopic (exact) mass is 244 g/mol. The van der Waals surface area contributed by atoms with Gasteiger partial charge in [-0.1, -0.05) is 13.8 Å². The van der Waals surface area contributed by atoms with E-state index < -0.39 is 29.6 Å². The number of cyclic esters (lactones) is 2. The van der Waals surface area contributed by atoms with Crippen molar-refractivity contribution in [3.8, 4) is 0 Å². The summed E-state index contributed by atoms with van der Waals surface area (Å²) in [5.74, 6) is -2.72. The van der Waals surface area contributed by atoms with Gasteiger partial charge in [0.1, 0.15) is 5.41 Å². The minimum atomic E-state index is -1.44. The summed E-state index contributed by atoms with van der Waals surface area (Å²) >= 11 is 0. The molecule has 1 fully saturated rings. The van der Waals surface area contributed by atoms with Gasteiger partial charge in [-0.3, -0.25) is 9.59 Å². The molecule has 0 saturated carbocycles. The third-order valence-electron chi connectivity index (χ3n) is 2.93. The molecular formula is C11H16O6. The smallest absolute Gasteiger partial charge is 0.380 e. The maximum atomic E-state index is 11.9. The summed E-state index contributed by atoms with van der Waals surface area (Å²) in [6, 6.07) is 0. The van der Waals surface area contributed by atoms with Crippen LogP contribution >= 0.6 is 0 Å². The zero-order valence-corrected chi connectivity index (χ0v) is 10.1. The molecule has 17 heavy (non-hydrogen) atoms. The van der Waals surface area contributed by atoms with Crippen molar-refractivity contribution < 1.29 is 28.6 Å². The molecular weight excluding hydrogens is 228 g/mol. The lowest BCUT2D eigenvalue weighted by atomic mass is 9.78. The Bertz CT molecular complexity index is 331.